The van der Waals surface area contributed by atoms with Crippen LogP contribution in [0.15, 0.2) is 18.2 Å². The van der Waals surface area contributed by atoms with Crippen LogP contribution in [0, 0.1) is 6.92 Å². The zero-order chi connectivity index (χ0) is 9.42. The van der Waals surface area contributed by atoms with E-state index in [0.29, 0.717) is 0 Å². The van der Waals surface area contributed by atoms with Crippen molar-refractivity contribution < 1.29 is 4.74 Å². The first-order valence-corrected chi connectivity index (χ1v) is 5.07. The van der Waals surface area contributed by atoms with Crippen LogP contribution < -0.4 is 9.51 Å². The minimum atomic E-state index is 0.994. The maximum absolute atomic E-state index is 5.33. The van der Waals surface area contributed by atoms with E-state index in [0.717, 1.165) is 5.75 Å². The number of rotatable bonds is 1. The fraction of sp³-hybridized carbons (Fsp3) is 0.200. The fourth-order valence-corrected chi connectivity index (χ4v) is 2.53. The zero-order valence-electron chi connectivity index (χ0n) is 8.05. The van der Waals surface area contributed by atoms with Gasteiger partial charge in [-0.25, -0.2) is 0 Å². The second-order valence-electron chi connectivity index (χ2n) is 3.24. The number of hydrogen-bond donors (Lipinski definition) is 0. The molecule has 2 aromatic rings. The minimum Gasteiger partial charge on any atom is -0.495 e. The van der Waals surface area contributed by atoms with Crippen LogP contribution in [0.4, 0.5) is 0 Å². The highest BCUT2D eigenvalue weighted by Gasteiger charge is 2.05. The van der Waals surface area contributed by atoms with E-state index in [-0.39, 0.29) is 0 Å². The van der Waals surface area contributed by atoms with Gasteiger partial charge in [-0.15, -0.1) is 11.3 Å². The topological polar surface area (TPSA) is 9.23 Å². The minimum absolute atomic E-state index is 0.994. The zero-order valence-corrected chi connectivity index (χ0v) is 8.87. The standard InChI is InChI=1S/C10H11BOS/c1-6-3-7-5-9(11)13-10(7)8(4-6)12-2/h3-5H,11H2,1-2H3. The number of hydrogen-bond acceptors (Lipinski definition) is 2. The monoisotopic (exact) mass is 190 g/mol. The van der Waals surface area contributed by atoms with Crippen molar-refractivity contribution >= 4 is 34.0 Å². The average Bonchev–Trinajstić information content (AvgIpc) is 2.43. The molecule has 3 heteroatoms. The Morgan fingerprint density at radius 2 is 2.08 bits per heavy atom. The Morgan fingerprint density at radius 1 is 1.31 bits per heavy atom. The highest BCUT2D eigenvalue weighted by Crippen LogP contribution is 2.30. The van der Waals surface area contributed by atoms with E-state index in [2.05, 4.69) is 33.0 Å². The molecule has 1 aromatic heterocycles. The van der Waals surface area contributed by atoms with Gasteiger partial charge in [0.15, 0.2) is 7.85 Å². The normalized spacial score (nSPS) is 10.6. The highest BCUT2D eigenvalue weighted by molar-refractivity contribution is 7.26. The van der Waals surface area contributed by atoms with Gasteiger partial charge in [-0.3, -0.25) is 0 Å². The fourth-order valence-electron chi connectivity index (χ4n) is 1.54. The molecule has 66 valence electrons. The smallest absolute Gasteiger partial charge is 0.152 e. The van der Waals surface area contributed by atoms with E-state index >= 15 is 0 Å². The summed E-state index contributed by atoms with van der Waals surface area (Å²) in [6.07, 6.45) is 0. The highest BCUT2D eigenvalue weighted by atomic mass is 32.1. The summed E-state index contributed by atoms with van der Waals surface area (Å²) in [5, 5.41) is 1.29. The molecule has 1 aromatic carbocycles. The molecule has 0 aliphatic rings. The van der Waals surface area contributed by atoms with E-state index < -0.39 is 0 Å². The van der Waals surface area contributed by atoms with Crippen molar-refractivity contribution in [2.75, 3.05) is 7.11 Å². The molecule has 13 heavy (non-hydrogen) atoms. The van der Waals surface area contributed by atoms with Crippen molar-refractivity contribution in [3.05, 3.63) is 23.8 Å². The molecule has 0 aliphatic carbocycles. The van der Waals surface area contributed by atoms with E-state index in [1.54, 1.807) is 18.4 Å². The largest absolute Gasteiger partial charge is 0.495 e. The molecule has 0 bridgehead atoms. The van der Waals surface area contributed by atoms with Crippen LogP contribution >= 0.6 is 11.3 Å². The third-order valence-electron chi connectivity index (χ3n) is 2.07. The van der Waals surface area contributed by atoms with Crippen LogP contribution in [0.5, 0.6) is 5.75 Å². The average molecular weight is 190 g/mol. The number of ether oxygens (including phenoxy) is 1. The summed E-state index contributed by atoms with van der Waals surface area (Å²) in [5.74, 6) is 0.994. The van der Waals surface area contributed by atoms with Gasteiger partial charge in [0.05, 0.1) is 11.8 Å². The first-order chi connectivity index (χ1) is 6.20. The third kappa shape index (κ3) is 1.44. The molecule has 1 nitrogen and oxygen atoms in total. The van der Waals surface area contributed by atoms with Gasteiger partial charge in [0.2, 0.25) is 0 Å². The molecule has 0 spiro atoms. The first kappa shape index (κ1) is 8.63. The van der Waals surface area contributed by atoms with Gasteiger partial charge >= 0.3 is 0 Å². The molecular weight excluding hydrogens is 179 g/mol. The summed E-state index contributed by atoms with van der Waals surface area (Å²) >= 11 is 1.79. The SMILES string of the molecule is Bc1cc2cc(C)cc(OC)c2s1. The Morgan fingerprint density at radius 3 is 2.77 bits per heavy atom. The van der Waals surface area contributed by atoms with Crippen LogP contribution in [-0.2, 0) is 0 Å². The second-order valence-corrected chi connectivity index (χ2v) is 4.50. The van der Waals surface area contributed by atoms with Crippen LogP contribution in [0.3, 0.4) is 0 Å². The summed E-state index contributed by atoms with van der Waals surface area (Å²) in [6, 6.07) is 6.48. The number of fused-ring (bicyclic) bond motifs is 1. The van der Waals surface area contributed by atoms with Gasteiger partial charge in [-0.05, 0) is 28.7 Å². The first-order valence-electron chi connectivity index (χ1n) is 4.25. The van der Waals surface area contributed by atoms with Crippen LogP contribution in [0.25, 0.3) is 10.1 Å². The molecule has 0 atom stereocenters. The van der Waals surface area contributed by atoms with Crippen LogP contribution in [0.1, 0.15) is 5.56 Å². The van der Waals surface area contributed by atoms with Gasteiger partial charge in [0.1, 0.15) is 5.75 Å². The Kier molecular flexibility index (Phi) is 2.04. The number of aryl methyl sites for hydroxylation is 1. The molecule has 0 aliphatic heterocycles. The molecule has 1 heterocycles. The maximum Gasteiger partial charge on any atom is 0.152 e. The van der Waals surface area contributed by atoms with Gasteiger partial charge < -0.3 is 4.74 Å². The van der Waals surface area contributed by atoms with Gasteiger partial charge in [0, 0.05) is 0 Å². The molecule has 0 fully saturated rings. The van der Waals surface area contributed by atoms with E-state index in [1.165, 1.54) is 20.4 Å². The molecular formula is C10H11BOS. The Labute approximate surface area is 82.7 Å². The predicted molar refractivity (Wildman–Crippen MR) is 61.3 cm³/mol. The Balaban J connectivity index is 2.80. The lowest BCUT2D eigenvalue weighted by molar-refractivity contribution is 0.420. The van der Waals surface area contributed by atoms with Crippen molar-refractivity contribution in [2.24, 2.45) is 0 Å². The summed E-state index contributed by atoms with van der Waals surface area (Å²) in [4.78, 5) is 0. The molecule has 0 N–H and O–H groups in total. The van der Waals surface area contributed by atoms with Gasteiger partial charge in [0.25, 0.3) is 0 Å². The lowest BCUT2D eigenvalue weighted by atomic mass is 10.1. The summed E-state index contributed by atoms with van der Waals surface area (Å²) in [7, 11) is 3.85. The van der Waals surface area contributed by atoms with Crippen molar-refractivity contribution in [1.82, 2.24) is 0 Å². The van der Waals surface area contributed by atoms with Crippen LogP contribution in [0.2, 0.25) is 0 Å². The molecule has 2 rings (SSSR count). The van der Waals surface area contributed by atoms with Gasteiger partial charge in [-0.2, -0.15) is 0 Å². The summed E-state index contributed by atoms with van der Waals surface area (Å²) in [6.45, 7) is 2.09. The molecule has 0 amide bonds. The van der Waals surface area contributed by atoms with E-state index in [9.17, 15) is 0 Å². The molecule has 0 unspecified atom stereocenters. The predicted octanol–water partition coefficient (Wildman–Crippen LogP) is 1.48. The summed E-state index contributed by atoms with van der Waals surface area (Å²) in [5.41, 5.74) is 1.25. The molecule has 0 saturated carbocycles. The third-order valence-corrected chi connectivity index (χ3v) is 3.15. The lowest BCUT2D eigenvalue weighted by Gasteiger charge is -2.02. The Hall–Kier alpha value is -0.955. The van der Waals surface area contributed by atoms with Crippen LogP contribution in [-0.4, -0.2) is 15.0 Å². The second kappa shape index (κ2) is 3.07. The quantitative estimate of drug-likeness (QED) is 0.619. The Bertz CT molecular complexity index is 447. The van der Waals surface area contributed by atoms with Gasteiger partial charge in [-0.1, -0.05) is 12.1 Å². The van der Waals surface area contributed by atoms with Crippen molar-refractivity contribution in [3.8, 4) is 5.75 Å². The molecule has 0 saturated heterocycles. The lowest BCUT2D eigenvalue weighted by Crippen LogP contribution is -1.88. The summed E-state index contributed by atoms with van der Waals surface area (Å²) < 4.78 is 7.92. The van der Waals surface area contributed by atoms with E-state index in [1.807, 2.05) is 0 Å². The van der Waals surface area contributed by atoms with Crippen molar-refractivity contribution in [3.63, 3.8) is 0 Å². The maximum atomic E-state index is 5.33. The number of thiophene rings is 1. The number of benzene rings is 1. The molecule has 0 radical (unpaired) electrons. The van der Waals surface area contributed by atoms with Crippen molar-refractivity contribution in [2.45, 2.75) is 6.92 Å². The van der Waals surface area contributed by atoms with Crippen molar-refractivity contribution in [1.29, 1.82) is 0 Å². The van der Waals surface area contributed by atoms with E-state index in [4.69, 9.17) is 4.74 Å². The number of methoxy groups -OCH3 is 1.